The summed E-state index contributed by atoms with van der Waals surface area (Å²) in [6, 6.07) is 4.60. The first-order chi connectivity index (χ1) is 9.29. The number of hydrogen-bond donors (Lipinski definition) is 2. The van der Waals surface area contributed by atoms with E-state index in [1.165, 1.54) is 12.1 Å². The molecule has 0 atom stereocenters. The van der Waals surface area contributed by atoms with Gasteiger partial charge in [0.05, 0.1) is 16.9 Å². The fourth-order valence-corrected chi connectivity index (χ4v) is 1.63. The molecular formula is C13H8F3NO3. The molecule has 0 amide bonds. The Hall–Kier alpha value is -2.57. The number of ketones is 2. The molecule has 0 bridgehead atoms. The number of halogens is 3. The van der Waals surface area contributed by atoms with Crippen LogP contribution in [0.4, 0.5) is 18.9 Å². The Morgan fingerprint density at radius 1 is 1.00 bits per heavy atom. The van der Waals surface area contributed by atoms with E-state index in [0.717, 1.165) is 18.2 Å². The van der Waals surface area contributed by atoms with Crippen molar-refractivity contribution in [2.24, 2.45) is 0 Å². The van der Waals surface area contributed by atoms with E-state index in [1.807, 2.05) is 0 Å². The molecule has 4 nitrogen and oxygen atoms in total. The van der Waals surface area contributed by atoms with Crippen LogP contribution in [0.1, 0.15) is 5.56 Å². The van der Waals surface area contributed by atoms with Crippen molar-refractivity contribution < 1.29 is 27.9 Å². The van der Waals surface area contributed by atoms with Crippen LogP contribution in [0.2, 0.25) is 0 Å². The number of aliphatic hydroxyl groups excluding tert-OH is 1. The molecule has 7 heteroatoms. The predicted molar refractivity (Wildman–Crippen MR) is 63.9 cm³/mol. The minimum atomic E-state index is -4.59. The van der Waals surface area contributed by atoms with Crippen molar-refractivity contribution in [2.45, 2.75) is 6.18 Å². The van der Waals surface area contributed by atoms with E-state index in [-0.39, 0.29) is 11.4 Å². The number of rotatable bonds is 2. The second-order valence-electron chi connectivity index (χ2n) is 3.98. The summed E-state index contributed by atoms with van der Waals surface area (Å²) in [6.07, 6.45) is -3.18. The van der Waals surface area contributed by atoms with Crippen molar-refractivity contribution in [3.05, 3.63) is 53.4 Å². The number of para-hydroxylation sites is 1. The maximum Gasteiger partial charge on any atom is 0.418 e. The number of allylic oxidation sites excluding steroid dienone is 2. The maximum atomic E-state index is 12.8. The number of anilines is 1. The van der Waals surface area contributed by atoms with E-state index >= 15 is 0 Å². The first-order valence-corrected chi connectivity index (χ1v) is 5.43. The number of benzene rings is 1. The molecule has 104 valence electrons. The Bertz CT molecular complexity index is 645. The van der Waals surface area contributed by atoms with Gasteiger partial charge < -0.3 is 10.4 Å². The van der Waals surface area contributed by atoms with Crippen LogP contribution in [-0.4, -0.2) is 16.7 Å². The summed E-state index contributed by atoms with van der Waals surface area (Å²) in [4.78, 5) is 22.2. The molecular weight excluding hydrogens is 275 g/mol. The summed E-state index contributed by atoms with van der Waals surface area (Å²) in [7, 11) is 0. The van der Waals surface area contributed by atoms with Crippen LogP contribution >= 0.6 is 0 Å². The minimum Gasteiger partial charge on any atom is -0.506 e. The van der Waals surface area contributed by atoms with Gasteiger partial charge in [0.15, 0.2) is 0 Å². The molecule has 2 N–H and O–H groups in total. The molecule has 1 aliphatic rings. The van der Waals surface area contributed by atoms with Gasteiger partial charge in [-0.25, -0.2) is 0 Å². The van der Waals surface area contributed by atoms with E-state index < -0.39 is 29.1 Å². The Balaban J connectivity index is 2.37. The van der Waals surface area contributed by atoms with E-state index in [0.29, 0.717) is 6.08 Å². The summed E-state index contributed by atoms with van der Waals surface area (Å²) in [6.45, 7) is 0. The molecule has 0 aliphatic heterocycles. The van der Waals surface area contributed by atoms with Crippen molar-refractivity contribution in [3.63, 3.8) is 0 Å². The molecule has 0 radical (unpaired) electrons. The van der Waals surface area contributed by atoms with Crippen LogP contribution in [0.3, 0.4) is 0 Å². The van der Waals surface area contributed by atoms with Gasteiger partial charge in [0.2, 0.25) is 11.6 Å². The highest BCUT2D eigenvalue weighted by Gasteiger charge is 2.33. The number of alkyl halides is 3. The first kappa shape index (κ1) is 13.9. The molecule has 0 unspecified atom stereocenters. The Labute approximate surface area is 111 Å². The molecule has 0 aromatic heterocycles. The summed E-state index contributed by atoms with van der Waals surface area (Å²) in [5, 5.41) is 11.8. The monoisotopic (exact) mass is 283 g/mol. The number of carbonyl (C=O) groups is 2. The smallest absolute Gasteiger partial charge is 0.418 e. The molecule has 0 saturated heterocycles. The number of nitrogens with one attached hydrogen (secondary N) is 1. The zero-order valence-corrected chi connectivity index (χ0v) is 9.86. The highest BCUT2D eigenvalue weighted by molar-refractivity contribution is 6.46. The Morgan fingerprint density at radius 2 is 1.60 bits per heavy atom. The van der Waals surface area contributed by atoms with Gasteiger partial charge in [0.1, 0.15) is 5.76 Å². The summed E-state index contributed by atoms with van der Waals surface area (Å²) >= 11 is 0. The fourth-order valence-electron chi connectivity index (χ4n) is 1.63. The highest BCUT2D eigenvalue weighted by atomic mass is 19.4. The van der Waals surface area contributed by atoms with E-state index in [4.69, 9.17) is 0 Å². The predicted octanol–water partition coefficient (Wildman–Crippen LogP) is 2.59. The van der Waals surface area contributed by atoms with Gasteiger partial charge in [0, 0.05) is 12.2 Å². The van der Waals surface area contributed by atoms with Crippen molar-refractivity contribution in [1.82, 2.24) is 0 Å². The third-order valence-electron chi connectivity index (χ3n) is 2.56. The van der Waals surface area contributed by atoms with Crippen molar-refractivity contribution in [1.29, 1.82) is 0 Å². The lowest BCUT2D eigenvalue weighted by Crippen LogP contribution is -2.19. The molecule has 2 rings (SSSR count). The van der Waals surface area contributed by atoms with Crippen molar-refractivity contribution in [2.75, 3.05) is 5.32 Å². The molecule has 0 saturated carbocycles. The highest BCUT2D eigenvalue weighted by Crippen LogP contribution is 2.35. The van der Waals surface area contributed by atoms with E-state index in [2.05, 4.69) is 5.32 Å². The van der Waals surface area contributed by atoms with Crippen LogP contribution in [0.15, 0.2) is 47.9 Å². The lowest BCUT2D eigenvalue weighted by molar-refractivity contribution is -0.137. The summed E-state index contributed by atoms with van der Waals surface area (Å²) in [5.74, 6) is -2.45. The lowest BCUT2D eigenvalue weighted by Gasteiger charge is -2.17. The fraction of sp³-hybridized carbons (Fsp3) is 0.0769. The van der Waals surface area contributed by atoms with Gasteiger partial charge in [-0.05, 0) is 12.1 Å². The zero-order valence-electron chi connectivity index (χ0n) is 9.86. The van der Waals surface area contributed by atoms with Crippen LogP contribution in [-0.2, 0) is 15.8 Å². The van der Waals surface area contributed by atoms with Gasteiger partial charge >= 0.3 is 6.18 Å². The first-order valence-electron chi connectivity index (χ1n) is 5.43. The Kier molecular flexibility index (Phi) is 3.35. The van der Waals surface area contributed by atoms with E-state index in [1.54, 1.807) is 0 Å². The molecule has 20 heavy (non-hydrogen) atoms. The van der Waals surface area contributed by atoms with Gasteiger partial charge in [-0.1, -0.05) is 12.1 Å². The normalized spacial score (nSPS) is 15.8. The largest absolute Gasteiger partial charge is 0.506 e. The van der Waals surface area contributed by atoms with Crippen molar-refractivity contribution >= 4 is 17.3 Å². The molecule has 0 fully saturated rings. The van der Waals surface area contributed by atoms with Gasteiger partial charge in [0.25, 0.3) is 0 Å². The summed E-state index contributed by atoms with van der Waals surface area (Å²) in [5.41, 5.74) is -1.53. The van der Waals surface area contributed by atoms with Crippen LogP contribution in [0.5, 0.6) is 0 Å². The molecule has 1 aromatic carbocycles. The summed E-state index contributed by atoms with van der Waals surface area (Å²) < 4.78 is 38.3. The van der Waals surface area contributed by atoms with Crippen LogP contribution < -0.4 is 5.32 Å². The van der Waals surface area contributed by atoms with Gasteiger partial charge in [-0.3, -0.25) is 9.59 Å². The Morgan fingerprint density at radius 3 is 2.25 bits per heavy atom. The zero-order chi connectivity index (χ0) is 14.9. The molecule has 1 aromatic rings. The average molecular weight is 283 g/mol. The maximum absolute atomic E-state index is 12.8. The SMILES string of the molecule is O=C1C=C(O)C(Nc2ccccc2C(F)(F)F)=CC1=O. The van der Waals surface area contributed by atoms with Gasteiger partial charge in [-0.2, -0.15) is 13.2 Å². The molecule has 0 heterocycles. The van der Waals surface area contributed by atoms with E-state index in [9.17, 15) is 27.9 Å². The van der Waals surface area contributed by atoms with Gasteiger partial charge in [-0.15, -0.1) is 0 Å². The quantitative estimate of drug-likeness (QED) is 0.646. The average Bonchev–Trinajstić information content (AvgIpc) is 2.35. The second kappa shape index (κ2) is 4.84. The van der Waals surface area contributed by atoms with Crippen LogP contribution in [0, 0.1) is 0 Å². The third-order valence-corrected chi connectivity index (χ3v) is 2.56. The second-order valence-corrected chi connectivity index (χ2v) is 3.98. The topological polar surface area (TPSA) is 66.4 Å². The number of carbonyl (C=O) groups excluding carboxylic acids is 2. The third kappa shape index (κ3) is 2.71. The molecule has 0 spiro atoms. The standard InChI is InChI=1S/C13H8F3NO3/c14-13(15,16)7-3-1-2-4-8(7)17-9-5-11(19)12(20)6-10(9)18/h1-6,17-18H. The minimum absolute atomic E-state index is 0.258. The lowest BCUT2D eigenvalue weighted by atomic mass is 10.1. The van der Waals surface area contributed by atoms with Crippen LogP contribution in [0.25, 0.3) is 0 Å². The number of hydrogen-bond acceptors (Lipinski definition) is 4. The molecule has 1 aliphatic carbocycles. The number of aliphatic hydroxyl groups is 1. The van der Waals surface area contributed by atoms with Crippen molar-refractivity contribution in [3.8, 4) is 0 Å².